The molecule has 1 aliphatic rings. The molecule has 0 aliphatic heterocycles. The Bertz CT molecular complexity index is 654. The van der Waals surface area contributed by atoms with Gasteiger partial charge >= 0.3 is 0 Å². The quantitative estimate of drug-likeness (QED) is 0.336. The molecule has 1 N–H and O–H groups in total. The van der Waals surface area contributed by atoms with E-state index >= 15 is 0 Å². The fraction of sp³-hybridized carbons (Fsp3) is 0.652. The van der Waals surface area contributed by atoms with E-state index in [0.29, 0.717) is 6.54 Å². The molecule has 1 aliphatic carbocycles. The lowest BCUT2D eigenvalue weighted by molar-refractivity contribution is 0.0827. The van der Waals surface area contributed by atoms with Crippen molar-refractivity contribution in [3.8, 4) is 0 Å². The van der Waals surface area contributed by atoms with Gasteiger partial charge in [0.2, 0.25) is 0 Å². The molecule has 2 rings (SSSR count). The molecular weight excluding hydrogens is 475 g/mol. The Morgan fingerprint density at radius 3 is 2.48 bits per heavy atom. The SMILES string of the molecule is CCNC(=NCCc1cccc(C(=O)N(C)C)c1)N(C)CC1CCC(C)CC1.I. The summed E-state index contributed by atoms with van der Waals surface area (Å²) in [7, 11) is 5.71. The van der Waals surface area contributed by atoms with Crippen molar-refractivity contribution in [2.24, 2.45) is 16.8 Å². The number of amides is 1. The van der Waals surface area contributed by atoms with Crippen LogP contribution in [-0.2, 0) is 6.42 Å². The molecule has 0 radical (unpaired) electrons. The standard InChI is InChI=1S/C23H38N4O.HI/c1-6-24-23(27(5)17-20-12-10-18(2)11-13-20)25-15-14-19-8-7-9-21(16-19)22(28)26(3)4;/h7-9,16,18,20H,6,10-15,17H2,1-5H3,(H,24,25);1H. The summed E-state index contributed by atoms with van der Waals surface area (Å²) in [5.41, 5.74) is 1.89. The summed E-state index contributed by atoms with van der Waals surface area (Å²) in [5.74, 6) is 2.69. The highest BCUT2D eigenvalue weighted by Crippen LogP contribution is 2.28. The molecule has 6 heteroatoms. The van der Waals surface area contributed by atoms with Crippen LogP contribution in [0, 0.1) is 11.8 Å². The molecule has 0 saturated heterocycles. The fourth-order valence-corrected chi connectivity index (χ4v) is 3.86. The van der Waals surface area contributed by atoms with Gasteiger partial charge in [-0.3, -0.25) is 9.79 Å². The minimum absolute atomic E-state index is 0. The van der Waals surface area contributed by atoms with Crippen molar-refractivity contribution >= 4 is 35.8 Å². The second-order valence-electron chi connectivity index (χ2n) is 8.39. The van der Waals surface area contributed by atoms with Gasteiger partial charge in [-0.25, -0.2) is 0 Å². The summed E-state index contributed by atoms with van der Waals surface area (Å²) in [5, 5.41) is 3.43. The van der Waals surface area contributed by atoms with E-state index in [4.69, 9.17) is 4.99 Å². The van der Waals surface area contributed by atoms with E-state index in [1.807, 2.05) is 18.2 Å². The zero-order chi connectivity index (χ0) is 20.5. The summed E-state index contributed by atoms with van der Waals surface area (Å²) < 4.78 is 0. The van der Waals surface area contributed by atoms with Gasteiger partial charge in [-0.15, -0.1) is 24.0 Å². The topological polar surface area (TPSA) is 47.9 Å². The lowest BCUT2D eigenvalue weighted by atomic mass is 9.83. The van der Waals surface area contributed by atoms with Crippen LogP contribution in [0.5, 0.6) is 0 Å². The molecule has 29 heavy (non-hydrogen) atoms. The lowest BCUT2D eigenvalue weighted by Crippen LogP contribution is -2.42. The van der Waals surface area contributed by atoms with E-state index < -0.39 is 0 Å². The Labute approximate surface area is 194 Å². The van der Waals surface area contributed by atoms with Gasteiger partial charge in [0.05, 0.1) is 0 Å². The average Bonchev–Trinajstić information content (AvgIpc) is 2.68. The molecule has 1 aromatic carbocycles. The first-order valence-corrected chi connectivity index (χ1v) is 10.7. The molecule has 1 saturated carbocycles. The molecule has 0 atom stereocenters. The third kappa shape index (κ3) is 8.52. The van der Waals surface area contributed by atoms with Gasteiger partial charge < -0.3 is 15.1 Å². The molecule has 5 nitrogen and oxygen atoms in total. The average molecular weight is 514 g/mol. The Kier molecular flexibility index (Phi) is 11.6. The highest BCUT2D eigenvalue weighted by Gasteiger charge is 2.20. The molecule has 0 spiro atoms. The van der Waals surface area contributed by atoms with E-state index in [1.54, 1.807) is 19.0 Å². The lowest BCUT2D eigenvalue weighted by Gasteiger charge is -2.31. The normalized spacial score (nSPS) is 19.3. The van der Waals surface area contributed by atoms with Crippen molar-refractivity contribution in [2.45, 2.75) is 46.0 Å². The molecule has 0 bridgehead atoms. The smallest absolute Gasteiger partial charge is 0.253 e. The van der Waals surface area contributed by atoms with Crippen molar-refractivity contribution in [1.29, 1.82) is 0 Å². The van der Waals surface area contributed by atoms with Crippen LogP contribution in [0.1, 0.15) is 55.5 Å². The van der Waals surface area contributed by atoms with E-state index in [2.05, 4.69) is 37.2 Å². The van der Waals surface area contributed by atoms with Crippen LogP contribution in [0.3, 0.4) is 0 Å². The fourth-order valence-electron chi connectivity index (χ4n) is 3.86. The van der Waals surface area contributed by atoms with Crippen molar-refractivity contribution < 1.29 is 4.79 Å². The maximum Gasteiger partial charge on any atom is 0.253 e. The summed E-state index contributed by atoms with van der Waals surface area (Å²) in [6, 6.07) is 7.88. The van der Waals surface area contributed by atoms with Gasteiger partial charge in [0.15, 0.2) is 5.96 Å². The highest BCUT2D eigenvalue weighted by atomic mass is 127. The minimum Gasteiger partial charge on any atom is -0.357 e. The second kappa shape index (κ2) is 13.1. The molecular formula is C23H39IN4O. The van der Waals surface area contributed by atoms with Gasteiger partial charge in [-0.1, -0.05) is 31.9 Å². The van der Waals surface area contributed by atoms with Crippen LogP contribution < -0.4 is 5.32 Å². The first-order valence-electron chi connectivity index (χ1n) is 10.7. The minimum atomic E-state index is 0. The molecule has 164 valence electrons. The van der Waals surface area contributed by atoms with Crippen molar-refractivity contribution in [3.63, 3.8) is 0 Å². The maximum atomic E-state index is 12.1. The summed E-state index contributed by atoms with van der Waals surface area (Å²) in [6.07, 6.45) is 6.20. The maximum absolute atomic E-state index is 12.1. The second-order valence-corrected chi connectivity index (χ2v) is 8.39. The van der Waals surface area contributed by atoms with Crippen LogP contribution in [0.25, 0.3) is 0 Å². The van der Waals surface area contributed by atoms with E-state index in [-0.39, 0.29) is 29.9 Å². The summed E-state index contributed by atoms with van der Waals surface area (Å²) >= 11 is 0. The van der Waals surface area contributed by atoms with Gasteiger partial charge in [0.1, 0.15) is 0 Å². The number of carbonyl (C=O) groups excluding carboxylic acids is 1. The number of benzene rings is 1. The van der Waals surface area contributed by atoms with Gasteiger partial charge in [-0.2, -0.15) is 0 Å². The molecule has 1 fully saturated rings. The predicted molar refractivity (Wildman–Crippen MR) is 133 cm³/mol. The number of carbonyl (C=O) groups is 1. The predicted octanol–water partition coefficient (Wildman–Crippen LogP) is 4.27. The third-order valence-corrected chi connectivity index (χ3v) is 5.61. The number of guanidine groups is 1. The Hall–Kier alpha value is -1.31. The van der Waals surface area contributed by atoms with E-state index in [1.165, 1.54) is 25.7 Å². The van der Waals surface area contributed by atoms with Crippen LogP contribution in [0.15, 0.2) is 29.3 Å². The van der Waals surface area contributed by atoms with Crippen LogP contribution in [-0.4, -0.2) is 62.4 Å². The number of hydrogen-bond acceptors (Lipinski definition) is 2. The van der Waals surface area contributed by atoms with Crippen LogP contribution in [0.2, 0.25) is 0 Å². The van der Waals surface area contributed by atoms with Crippen LogP contribution in [0.4, 0.5) is 0 Å². The number of halogens is 1. The molecule has 1 amide bonds. The van der Waals surface area contributed by atoms with E-state index in [9.17, 15) is 4.79 Å². The zero-order valence-corrected chi connectivity index (χ0v) is 21.1. The number of nitrogens with one attached hydrogen (secondary N) is 1. The van der Waals surface area contributed by atoms with Gasteiger partial charge in [0.25, 0.3) is 5.91 Å². The number of rotatable bonds is 7. The van der Waals surface area contributed by atoms with Crippen molar-refractivity contribution in [1.82, 2.24) is 15.1 Å². The van der Waals surface area contributed by atoms with Crippen molar-refractivity contribution in [2.75, 3.05) is 40.8 Å². The Morgan fingerprint density at radius 1 is 1.17 bits per heavy atom. The molecule has 0 aromatic heterocycles. The monoisotopic (exact) mass is 514 g/mol. The van der Waals surface area contributed by atoms with Crippen molar-refractivity contribution in [3.05, 3.63) is 35.4 Å². The number of aliphatic imine (C=N–C) groups is 1. The first-order chi connectivity index (χ1) is 13.4. The zero-order valence-electron chi connectivity index (χ0n) is 18.8. The van der Waals surface area contributed by atoms with Gasteiger partial charge in [-0.05, 0) is 55.7 Å². The summed E-state index contributed by atoms with van der Waals surface area (Å²) in [4.78, 5) is 20.9. The summed E-state index contributed by atoms with van der Waals surface area (Å²) in [6.45, 7) is 7.14. The highest BCUT2D eigenvalue weighted by molar-refractivity contribution is 14.0. The Morgan fingerprint density at radius 2 is 1.86 bits per heavy atom. The number of hydrogen-bond donors (Lipinski definition) is 1. The molecule has 0 heterocycles. The molecule has 0 unspecified atom stereocenters. The van der Waals surface area contributed by atoms with Crippen LogP contribution >= 0.6 is 24.0 Å². The van der Waals surface area contributed by atoms with E-state index in [0.717, 1.165) is 48.4 Å². The number of nitrogens with zero attached hydrogens (tertiary/aromatic N) is 3. The first kappa shape index (κ1) is 25.7. The van der Waals surface area contributed by atoms with Gasteiger partial charge in [0, 0.05) is 46.3 Å². The largest absolute Gasteiger partial charge is 0.357 e. The molecule has 1 aromatic rings. The Balaban J connectivity index is 0.00000420. The third-order valence-electron chi connectivity index (χ3n) is 5.61.